The fourth-order valence-electron chi connectivity index (χ4n) is 0.391. The van der Waals surface area contributed by atoms with E-state index in [1.807, 2.05) is 6.92 Å². The zero-order valence-electron chi connectivity index (χ0n) is 5.52. The van der Waals surface area contributed by atoms with E-state index >= 15 is 0 Å². The molecule has 0 unspecified atom stereocenters. The van der Waals surface area contributed by atoms with Crippen LogP contribution < -0.4 is 11.1 Å². The molecule has 0 aromatic carbocycles. The maximum atomic E-state index is 5.14. The molecule has 3 nitrogen and oxygen atoms in total. The lowest BCUT2D eigenvalue weighted by Crippen LogP contribution is -2.31. The third-order valence-electron chi connectivity index (χ3n) is 0.750. The van der Waals surface area contributed by atoms with Crippen LogP contribution in [0.25, 0.3) is 0 Å². The molecule has 9 heavy (non-hydrogen) atoms. The van der Waals surface area contributed by atoms with E-state index in [0.717, 1.165) is 6.61 Å². The van der Waals surface area contributed by atoms with E-state index < -0.39 is 0 Å². The van der Waals surface area contributed by atoms with E-state index in [2.05, 4.69) is 17.5 Å². The van der Waals surface area contributed by atoms with Gasteiger partial charge < -0.3 is 15.8 Å². The first-order chi connectivity index (χ1) is 4.27. The maximum Gasteiger partial charge on any atom is 0.163 e. The fourth-order valence-corrected chi connectivity index (χ4v) is 0.493. The smallest absolute Gasteiger partial charge is 0.163 e. The van der Waals surface area contributed by atoms with E-state index in [-0.39, 0.29) is 0 Å². The van der Waals surface area contributed by atoms with Gasteiger partial charge in [-0.3, -0.25) is 0 Å². The second-order valence-corrected chi connectivity index (χ2v) is 1.93. The van der Waals surface area contributed by atoms with Crippen molar-refractivity contribution in [2.24, 2.45) is 5.73 Å². The van der Waals surface area contributed by atoms with Gasteiger partial charge in [0, 0.05) is 13.2 Å². The Morgan fingerprint density at radius 2 is 2.44 bits per heavy atom. The molecule has 0 aliphatic heterocycles. The normalized spacial score (nSPS) is 9.00. The maximum absolute atomic E-state index is 5.14. The molecular formula is C5H12N2OS. The number of rotatable bonds is 4. The van der Waals surface area contributed by atoms with Crippen LogP contribution in [0.5, 0.6) is 0 Å². The van der Waals surface area contributed by atoms with Gasteiger partial charge in [-0.1, -0.05) is 0 Å². The van der Waals surface area contributed by atoms with Gasteiger partial charge in [-0.2, -0.15) is 0 Å². The van der Waals surface area contributed by atoms with Gasteiger partial charge in [-0.05, 0) is 19.1 Å². The van der Waals surface area contributed by atoms with Crippen molar-refractivity contribution in [3.8, 4) is 0 Å². The van der Waals surface area contributed by atoms with Crippen molar-refractivity contribution in [2.45, 2.75) is 6.92 Å². The summed E-state index contributed by atoms with van der Waals surface area (Å²) in [5, 5.41) is 3.09. The van der Waals surface area contributed by atoms with Crippen molar-refractivity contribution < 1.29 is 4.74 Å². The molecule has 54 valence electrons. The fraction of sp³-hybridized carbons (Fsp3) is 0.800. The summed E-state index contributed by atoms with van der Waals surface area (Å²) in [7, 11) is 0. The number of thiocarbonyl (C=S) groups is 1. The van der Waals surface area contributed by atoms with E-state index in [4.69, 9.17) is 10.5 Å². The molecule has 0 saturated carbocycles. The highest BCUT2D eigenvalue weighted by Gasteiger charge is 1.84. The molecule has 0 aliphatic rings. The molecule has 0 bridgehead atoms. The molecule has 0 aromatic heterocycles. The van der Waals surface area contributed by atoms with Crippen molar-refractivity contribution in [1.29, 1.82) is 0 Å². The van der Waals surface area contributed by atoms with Crippen molar-refractivity contribution in [3.63, 3.8) is 0 Å². The van der Waals surface area contributed by atoms with Gasteiger partial charge in [0.05, 0.1) is 6.61 Å². The van der Waals surface area contributed by atoms with Crippen LogP contribution in [0.3, 0.4) is 0 Å². The second-order valence-electron chi connectivity index (χ2n) is 1.49. The van der Waals surface area contributed by atoms with E-state index in [1.54, 1.807) is 0 Å². The summed E-state index contributed by atoms with van der Waals surface area (Å²) in [5.41, 5.74) is 5.14. The average molecular weight is 148 g/mol. The van der Waals surface area contributed by atoms with Crippen LogP contribution in [-0.2, 0) is 4.74 Å². The standard InChI is InChI=1S/C5H12N2OS/c1-2-8-4-3-7-5(6)9/h2-4H2,1H3,(H3,6,7,9). The quantitative estimate of drug-likeness (QED) is 0.430. The van der Waals surface area contributed by atoms with Crippen molar-refractivity contribution in [3.05, 3.63) is 0 Å². The van der Waals surface area contributed by atoms with E-state index in [9.17, 15) is 0 Å². The Balaban J connectivity index is 2.83. The average Bonchev–Trinajstić information content (AvgIpc) is 1.80. The van der Waals surface area contributed by atoms with Crippen molar-refractivity contribution >= 4 is 17.3 Å². The molecule has 0 radical (unpaired) electrons. The molecule has 4 heteroatoms. The SMILES string of the molecule is CCOCCNC(N)=S. The molecule has 0 atom stereocenters. The van der Waals surface area contributed by atoms with Gasteiger partial charge in [0.1, 0.15) is 0 Å². The Morgan fingerprint density at radius 1 is 1.78 bits per heavy atom. The summed E-state index contributed by atoms with van der Waals surface area (Å²) >= 11 is 4.56. The van der Waals surface area contributed by atoms with E-state index in [0.29, 0.717) is 18.3 Å². The van der Waals surface area contributed by atoms with Gasteiger partial charge in [-0.15, -0.1) is 0 Å². The first-order valence-electron chi connectivity index (χ1n) is 2.88. The lowest BCUT2D eigenvalue weighted by molar-refractivity contribution is 0.152. The Bertz CT molecular complexity index is 87.0. The first-order valence-corrected chi connectivity index (χ1v) is 3.29. The Kier molecular flexibility index (Phi) is 5.56. The van der Waals surface area contributed by atoms with Crippen molar-refractivity contribution in [2.75, 3.05) is 19.8 Å². The van der Waals surface area contributed by atoms with Crippen LogP contribution in [0, 0.1) is 0 Å². The molecule has 0 rings (SSSR count). The highest BCUT2D eigenvalue weighted by atomic mass is 32.1. The minimum Gasteiger partial charge on any atom is -0.380 e. The van der Waals surface area contributed by atoms with Crippen molar-refractivity contribution in [1.82, 2.24) is 5.32 Å². The highest BCUT2D eigenvalue weighted by Crippen LogP contribution is 1.69. The number of nitrogens with two attached hydrogens (primary N) is 1. The Labute approximate surface area is 60.6 Å². The number of nitrogens with one attached hydrogen (secondary N) is 1. The van der Waals surface area contributed by atoms with E-state index in [1.165, 1.54) is 0 Å². The van der Waals surface area contributed by atoms with Gasteiger partial charge in [0.25, 0.3) is 0 Å². The summed E-state index contributed by atoms with van der Waals surface area (Å²) in [6, 6.07) is 0. The molecule has 0 aromatic rings. The number of ether oxygens (including phenoxy) is 1. The number of hydrogen-bond donors (Lipinski definition) is 2. The monoisotopic (exact) mass is 148 g/mol. The third-order valence-corrected chi connectivity index (χ3v) is 0.894. The molecule has 3 N–H and O–H groups in total. The molecule has 0 spiro atoms. The van der Waals surface area contributed by atoms with Gasteiger partial charge >= 0.3 is 0 Å². The minimum atomic E-state index is 0.328. The second kappa shape index (κ2) is 5.78. The summed E-state index contributed by atoms with van der Waals surface area (Å²) in [6.07, 6.45) is 0. The summed E-state index contributed by atoms with van der Waals surface area (Å²) in [5.74, 6) is 0. The third kappa shape index (κ3) is 7.65. The van der Waals surface area contributed by atoms with Crippen LogP contribution in [-0.4, -0.2) is 24.9 Å². The zero-order chi connectivity index (χ0) is 7.11. The molecule has 0 heterocycles. The molecule has 0 aliphatic carbocycles. The largest absolute Gasteiger partial charge is 0.380 e. The zero-order valence-corrected chi connectivity index (χ0v) is 6.33. The van der Waals surface area contributed by atoms with Crippen LogP contribution >= 0.6 is 12.2 Å². The lowest BCUT2D eigenvalue weighted by atomic mass is 10.7. The van der Waals surface area contributed by atoms with Gasteiger partial charge in [0.2, 0.25) is 0 Å². The molecular weight excluding hydrogens is 136 g/mol. The first kappa shape index (κ1) is 8.65. The Morgan fingerprint density at radius 3 is 2.89 bits per heavy atom. The van der Waals surface area contributed by atoms with Crippen LogP contribution in [0.4, 0.5) is 0 Å². The number of hydrogen-bond acceptors (Lipinski definition) is 2. The summed E-state index contributed by atoms with van der Waals surface area (Å²) in [4.78, 5) is 0. The predicted octanol–water partition coefficient (Wildman–Crippen LogP) is -0.144. The molecule has 0 saturated heterocycles. The molecule has 0 fully saturated rings. The summed E-state index contributed by atoms with van der Waals surface area (Å²) in [6.45, 7) is 4.04. The lowest BCUT2D eigenvalue weighted by Gasteiger charge is -2.01. The summed E-state index contributed by atoms with van der Waals surface area (Å²) < 4.78 is 5.01. The molecule has 0 amide bonds. The Hall–Kier alpha value is -0.350. The van der Waals surface area contributed by atoms with Gasteiger partial charge in [-0.25, -0.2) is 0 Å². The predicted molar refractivity (Wildman–Crippen MR) is 41.3 cm³/mol. The van der Waals surface area contributed by atoms with Crippen LogP contribution in [0.2, 0.25) is 0 Å². The van der Waals surface area contributed by atoms with Crippen LogP contribution in [0.1, 0.15) is 6.92 Å². The van der Waals surface area contributed by atoms with Crippen LogP contribution in [0.15, 0.2) is 0 Å². The van der Waals surface area contributed by atoms with Gasteiger partial charge in [0.15, 0.2) is 5.11 Å². The highest BCUT2D eigenvalue weighted by molar-refractivity contribution is 7.80. The minimum absolute atomic E-state index is 0.328. The topological polar surface area (TPSA) is 47.3 Å².